The van der Waals surface area contributed by atoms with Crippen molar-refractivity contribution >= 4 is 6.21 Å². The number of rotatable bonds is 3. The van der Waals surface area contributed by atoms with Crippen molar-refractivity contribution in [1.82, 2.24) is 24.7 Å². The molecule has 0 aliphatic carbocycles. The van der Waals surface area contributed by atoms with Crippen molar-refractivity contribution in [2.24, 2.45) is 5.10 Å². The molecule has 0 unspecified atom stereocenters. The summed E-state index contributed by atoms with van der Waals surface area (Å²) in [6, 6.07) is 8.27. The average molecular weight is 294 g/mol. The highest BCUT2D eigenvalue weighted by Gasteiger charge is 2.10. The van der Waals surface area contributed by atoms with Gasteiger partial charge in [-0.3, -0.25) is 0 Å². The molecule has 0 fully saturated rings. The first-order chi connectivity index (χ1) is 10.5. The minimum absolute atomic E-state index is 0.576. The highest BCUT2D eigenvalue weighted by molar-refractivity contribution is 5.81. The van der Waals surface area contributed by atoms with Gasteiger partial charge >= 0.3 is 0 Å². The Bertz CT molecular complexity index is 840. The zero-order chi connectivity index (χ0) is 15.7. The van der Waals surface area contributed by atoms with E-state index in [9.17, 15) is 0 Å². The fraction of sp³-hybridized carbons (Fsp3) is 0.250. The predicted octanol–water partition coefficient (Wildman–Crippen LogP) is 2.58. The van der Waals surface area contributed by atoms with Crippen LogP contribution in [0.3, 0.4) is 0 Å². The maximum absolute atomic E-state index is 4.47. The standard InChI is InChI=1S/C16H18N6/c1-11-5-6-12(2)15(7-11)9-18-21-10-17-19-16(21)22-14(4)8-13(3)20-22/h5-10H,1-4H3/b18-9-. The first-order valence-corrected chi connectivity index (χ1v) is 7.10. The number of hydrogen-bond donors (Lipinski definition) is 0. The Balaban J connectivity index is 1.97. The maximum atomic E-state index is 4.47. The third kappa shape index (κ3) is 2.67. The number of hydrogen-bond acceptors (Lipinski definition) is 4. The van der Waals surface area contributed by atoms with E-state index in [2.05, 4.69) is 52.4 Å². The summed E-state index contributed by atoms with van der Waals surface area (Å²) in [7, 11) is 0. The molecule has 0 N–H and O–H groups in total. The van der Waals surface area contributed by atoms with E-state index in [1.54, 1.807) is 15.7 Å². The van der Waals surface area contributed by atoms with Gasteiger partial charge in [-0.2, -0.15) is 14.9 Å². The molecule has 2 heterocycles. The molecular formula is C16H18N6. The second-order valence-electron chi connectivity index (χ2n) is 5.42. The topological polar surface area (TPSA) is 60.9 Å². The van der Waals surface area contributed by atoms with E-state index in [1.165, 1.54) is 11.1 Å². The molecular weight excluding hydrogens is 276 g/mol. The van der Waals surface area contributed by atoms with Crippen molar-refractivity contribution in [2.75, 3.05) is 0 Å². The lowest BCUT2D eigenvalue weighted by molar-refractivity contribution is 0.717. The molecule has 6 heteroatoms. The van der Waals surface area contributed by atoms with Gasteiger partial charge in [0.25, 0.3) is 5.95 Å². The van der Waals surface area contributed by atoms with Gasteiger partial charge in [0.2, 0.25) is 0 Å². The molecule has 1 aromatic carbocycles. The Hall–Kier alpha value is -2.76. The fourth-order valence-corrected chi connectivity index (χ4v) is 2.30. The molecule has 0 saturated carbocycles. The molecule has 0 spiro atoms. The second-order valence-corrected chi connectivity index (χ2v) is 5.42. The molecule has 0 aliphatic heterocycles. The zero-order valence-corrected chi connectivity index (χ0v) is 13.1. The Kier molecular flexibility index (Phi) is 3.58. The molecule has 6 nitrogen and oxygen atoms in total. The molecule has 0 amide bonds. The van der Waals surface area contributed by atoms with Gasteiger partial charge in [-0.15, -0.1) is 10.2 Å². The molecule has 0 saturated heterocycles. The van der Waals surface area contributed by atoms with Crippen LogP contribution in [-0.4, -0.2) is 30.9 Å². The summed E-state index contributed by atoms with van der Waals surface area (Å²) in [5, 5.41) is 16.9. The van der Waals surface area contributed by atoms with E-state index in [1.807, 2.05) is 26.1 Å². The van der Waals surface area contributed by atoms with Crippen LogP contribution < -0.4 is 0 Å². The Morgan fingerprint density at radius 1 is 1.09 bits per heavy atom. The van der Waals surface area contributed by atoms with Crippen molar-refractivity contribution in [2.45, 2.75) is 27.7 Å². The number of aryl methyl sites for hydroxylation is 4. The smallest absolute Gasteiger partial charge is 0.202 e. The highest BCUT2D eigenvalue weighted by atomic mass is 15.5. The average Bonchev–Trinajstić information content (AvgIpc) is 3.05. The lowest BCUT2D eigenvalue weighted by Gasteiger charge is -2.04. The van der Waals surface area contributed by atoms with Crippen LogP contribution in [0, 0.1) is 27.7 Å². The van der Waals surface area contributed by atoms with Crippen molar-refractivity contribution in [3.05, 3.63) is 58.7 Å². The summed E-state index contributed by atoms with van der Waals surface area (Å²) < 4.78 is 3.37. The first-order valence-electron chi connectivity index (χ1n) is 7.10. The van der Waals surface area contributed by atoms with E-state index >= 15 is 0 Å². The summed E-state index contributed by atoms with van der Waals surface area (Å²) in [6.45, 7) is 8.06. The van der Waals surface area contributed by atoms with E-state index in [0.717, 1.165) is 17.0 Å². The van der Waals surface area contributed by atoms with Gasteiger partial charge in [0.05, 0.1) is 11.9 Å². The van der Waals surface area contributed by atoms with Gasteiger partial charge in [0.15, 0.2) is 0 Å². The molecule has 0 bridgehead atoms. The lowest BCUT2D eigenvalue weighted by Crippen LogP contribution is -2.06. The van der Waals surface area contributed by atoms with Crippen LogP contribution in [0.25, 0.3) is 5.95 Å². The summed E-state index contributed by atoms with van der Waals surface area (Å²) in [4.78, 5) is 0. The van der Waals surface area contributed by atoms with Crippen molar-refractivity contribution < 1.29 is 0 Å². The summed E-state index contributed by atoms with van der Waals surface area (Å²) in [5.74, 6) is 0.576. The van der Waals surface area contributed by atoms with Gasteiger partial charge in [0, 0.05) is 5.69 Å². The first kappa shape index (κ1) is 14.2. The molecule has 0 aliphatic rings. The van der Waals surface area contributed by atoms with Gasteiger partial charge in [0.1, 0.15) is 6.33 Å². The molecule has 3 aromatic rings. The van der Waals surface area contributed by atoms with Gasteiger partial charge < -0.3 is 0 Å². The Morgan fingerprint density at radius 2 is 1.91 bits per heavy atom. The van der Waals surface area contributed by atoms with Crippen molar-refractivity contribution in [3.8, 4) is 5.95 Å². The van der Waals surface area contributed by atoms with Crippen LogP contribution in [0.1, 0.15) is 28.1 Å². The third-order valence-corrected chi connectivity index (χ3v) is 3.47. The van der Waals surface area contributed by atoms with Gasteiger partial charge in [-0.05, 0) is 44.9 Å². The predicted molar refractivity (Wildman–Crippen MR) is 85.5 cm³/mol. The molecule has 0 radical (unpaired) electrons. The van der Waals surface area contributed by atoms with E-state index in [4.69, 9.17) is 0 Å². The molecule has 22 heavy (non-hydrogen) atoms. The highest BCUT2D eigenvalue weighted by Crippen LogP contribution is 2.11. The number of aromatic nitrogens is 5. The number of benzene rings is 1. The van der Waals surface area contributed by atoms with Crippen LogP contribution in [0.4, 0.5) is 0 Å². The van der Waals surface area contributed by atoms with E-state index in [0.29, 0.717) is 5.95 Å². The quantitative estimate of drug-likeness (QED) is 0.698. The molecule has 2 aromatic heterocycles. The SMILES string of the molecule is Cc1ccc(C)c(/C=N\n2cnnc2-n2nc(C)cc2C)c1. The van der Waals surface area contributed by atoms with Gasteiger partial charge in [-0.25, -0.2) is 4.68 Å². The Morgan fingerprint density at radius 3 is 2.64 bits per heavy atom. The van der Waals surface area contributed by atoms with Crippen LogP contribution in [0.5, 0.6) is 0 Å². The third-order valence-electron chi connectivity index (χ3n) is 3.47. The maximum Gasteiger partial charge on any atom is 0.273 e. The zero-order valence-electron chi connectivity index (χ0n) is 13.1. The van der Waals surface area contributed by atoms with Crippen molar-refractivity contribution in [1.29, 1.82) is 0 Å². The summed E-state index contributed by atoms with van der Waals surface area (Å²) in [6.07, 6.45) is 3.40. The molecule has 3 rings (SSSR count). The fourth-order valence-electron chi connectivity index (χ4n) is 2.30. The Labute approximate surface area is 129 Å². The number of nitrogens with zero attached hydrogens (tertiary/aromatic N) is 6. The summed E-state index contributed by atoms with van der Waals surface area (Å²) in [5.41, 5.74) is 5.39. The van der Waals surface area contributed by atoms with E-state index in [-0.39, 0.29) is 0 Å². The largest absolute Gasteiger partial charge is 0.273 e. The van der Waals surface area contributed by atoms with Crippen LogP contribution >= 0.6 is 0 Å². The minimum Gasteiger partial charge on any atom is -0.202 e. The van der Waals surface area contributed by atoms with Crippen LogP contribution in [-0.2, 0) is 0 Å². The second kappa shape index (κ2) is 5.55. The van der Waals surface area contributed by atoms with Gasteiger partial charge in [-0.1, -0.05) is 23.8 Å². The van der Waals surface area contributed by atoms with Crippen molar-refractivity contribution in [3.63, 3.8) is 0 Å². The van der Waals surface area contributed by atoms with E-state index < -0.39 is 0 Å². The van der Waals surface area contributed by atoms with Crippen LogP contribution in [0.15, 0.2) is 35.7 Å². The molecule has 112 valence electrons. The molecule has 0 atom stereocenters. The summed E-state index contributed by atoms with van der Waals surface area (Å²) >= 11 is 0. The normalized spacial score (nSPS) is 11.5. The lowest BCUT2D eigenvalue weighted by atomic mass is 10.1. The monoisotopic (exact) mass is 294 g/mol. The minimum atomic E-state index is 0.576. The van der Waals surface area contributed by atoms with Crippen LogP contribution in [0.2, 0.25) is 0 Å².